The molecule has 4 aromatic rings. The Kier molecular flexibility index (Phi) is 8.30. The average molecular weight is 629 g/mol. The van der Waals surface area contributed by atoms with Crippen molar-refractivity contribution in [2.24, 2.45) is 5.10 Å². The zero-order chi connectivity index (χ0) is 26.5. The highest BCUT2D eigenvalue weighted by Crippen LogP contribution is 2.34. The summed E-state index contributed by atoms with van der Waals surface area (Å²) in [6.45, 7) is 5.62. The lowest BCUT2D eigenvalue weighted by atomic mass is 10.2. The van der Waals surface area contributed by atoms with Crippen LogP contribution in [0.15, 0.2) is 79.1 Å². The van der Waals surface area contributed by atoms with Gasteiger partial charge in [-0.05, 0) is 112 Å². The monoisotopic (exact) mass is 627 g/mol. The van der Waals surface area contributed by atoms with Crippen molar-refractivity contribution in [1.82, 2.24) is 9.99 Å². The Balaban J connectivity index is 1.31. The van der Waals surface area contributed by atoms with Crippen LogP contribution in [0.1, 0.15) is 40.2 Å². The number of amides is 1. The molecule has 1 amide bonds. The maximum atomic E-state index is 12.4. The lowest BCUT2D eigenvalue weighted by molar-refractivity contribution is -0.131. The van der Waals surface area contributed by atoms with Crippen LogP contribution < -0.4 is 14.9 Å². The first-order chi connectivity index (χ1) is 17.7. The van der Waals surface area contributed by atoms with E-state index in [0.29, 0.717) is 31.8 Å². The molecule has 0 aliphatic rings. The van der Waals surface area contributed by atoms with Crippen LogP contribution >= 0.6 is 31.9 Å². The Morgan fingerprint density at radius 2 is 1.65 bits per heavy atom. The van der Waals surface area contributed by atoms with Gasteiger partial charge >= 0.3 is 11.9 Å². The molecule has 8 nitrogen and oxygen atoms in total. The van der Waals surface area contributed by atoms with Gasteiger partial charge in [-0.15, -0.1) is 0 Å². The zero-order valence-electron chi connectivity index (χ0n) is 20.2. The largest absolute Gasteiger partial charge is 0.486 e. The van der Waals surface area contributed by atoms with Gasteiger partial charge in [-0.25, -0.2) is 5.43 Å². The number of hydrogen-bond donors (Lipinski definition) is 1. The SMILES string of the molecule is CC(=O)Oc1c(Br)cc(/C=N/NC(=O)c2ccc(COc3ccc(-n4c(C)ccc4C)cc3)o2)cc1Br. The average Bonchev–Trinajstić information content (AvgIpc) is 3.46. The van der Waals surface area contributed by atoms with Crippen LogP contribution in [0.3, 0.4) is 0 Å². The molecule has 0 unspecified atom stereocenters. The Bertz CT molecular complexity index is 1430. The number of ether oxygens (including phenoxy) is 2. The molecule has 0 atom stereocenters. The number of hydrazone groups is 1. The standard InChI is InChI=1S/C27H23Br2N3O5/c1-16-4-5-17(2)32(16)20-6-8-21(9-7-20)35-15-22-10-11-25(37-22)27(34)31-30-14-19-12-23(28)26(24(29)13-19)36-18(3)33/h4-14H,15H2,1-3H3,(H,31,34)/b30-14+. The summed E-state index contributed by atoms with van der Waals surface area (Å²) < 4.78 is 19.8. The number of aromatic nitrogens is 1. The van der Waals surface area contributed by atoms with Crippen LogP contribution in [0.2, 0.25) is 0 Å². The Morgan fingerprint density at radius 1 is 1.00 bits per heavy atom. The zero-order valence-corrected chi connectivity index (χ0v) is 23.4. The second-order valence-corrected chi connectivity index (χ2v) is 9.82. The minimum atomic E-state index is -0.501. The van der Waals surface area contributed by atoms with Crippen LogP contribution in [0.5, 0.6) is 11.5 Å². The highest BCUT2D eigenvalue weighted by atomic mass is 79.9. The van der Waals surface area contributed by atoms with Gasteiger partial charge in [0.15, 0.2) is 11.5 Å². The van der Waals surface area contributed by atoms with Gasteiger partial charge in [0.2, 0.25) is 0 Å². The Hall–Kier alpha value is -3.63. The van der Waals surface area contributed by atoms with Gasteiger partial charge < -0.3 is 18.5 Å². The van der Waals surface area contributed by atoms with E-state index in [4.69, 9.17) is 13.9 Å². The molecule has 0 saturated heterocycles. The number of carbonyl (C=O) groups excluding carboxylic acids is 2. The molecular formula is C27H23Br2N3O5. The Labute approximate surface area is 230 Å². The summed E-state index contributed by atoms with van der Waals surface area (Å²) in [7, 11) is 0. The first kappa shape index (κ1) is 26.4. The third-order valence-electron chi connectivity index (χ3n) is 5.28. The lowest BCUT2D eigenvalue weighted by Gasteiger charge is -2.10. The predicted octanol–water partition coefficient (Wildman–Crippen LogP) is 6.48. The van der Waals surface area contributed by atoms with Crippen LogP contribution in [-0.4, -0.2) is 22.7 Å². The molecule has 2 aromatic heterocycles. The van der Waals surface area contributed by atoms with Crippen LogP contribution in [0, 0.1) is 13.8 Å². The van der Waals surface area contributed by atoms with Crippen molar-refractivity contribution in [1.29, 1.82) is 0 Å². The third kappa shape index (κ3) is 6.58. The molecule has 0 fully saturated rings. The van der Waals surface area contributed by atoms with E-state index in [1.165, 1.54) is 13.1 Å². The smallest absolute Gasteiger partial charge is 0.308 e. The normalized spacial score (nSPS) is 11.1. The molecule has 0 aliphatic carbocycles. The van der Waals surface area contributed by atoms with E-state index in [-0.39, 0.29) is 12.4 Å². The summed E-state index contributed by atoms with van der Waals surface area (Å²) in [6, 6.07) is 18.6. The second-order valence-electron chi connectivity index (χ2n) is 8.11. The van der Waals surface area contributed by atoms with Crippen molar-refractivity contribution in [2.75, 3.05) is 0 Å². The molecule has 0 aliphatic heterocycles. The van der Waals surface area contributed by atoms with Crippen molar-refractivity contribution < 1.29 is 23.5 Å². The van der Waals surface area contributed by atoms with E-state index < -0.39 is 11.9 Å². The number of hydrogen-bond acceptors (Lipinski definition) is 6. The number of esters is 1. The summed E-state index contributed by atoms with van der Waals surface area (Å²) in [4.78, 5) is 23.6. The Morgan fingerprint density at radius 3 is 2.27 bits per heavy atom. The molecule has 37 heavy (non-hydrogen) atoms. The minimum absolute atomic E-state index is 0.109. The van der Waals surface area contributed by atoms with Gasteiger partial charge in [0.1, 0.15) is 18.1 Å². The fourth-order valence-electron chi connectivity index (χ4n) is 3.61. The van der Waals surface area contributed by atoms with Gasteiger partial charge in [0.05, 0.1) is 15.2 Å². The van der Waals surface area contributed by atoms with Crippen molar-refractivity contribution in [3.63, 3.8) is 0 Å². The van der Waals surface area contributed by atoms with Crippen molar-refractivity contribution in [3.05, 3.63) is 98.1 Å². The highest BCUT2D eigenvalue weighted by molar-refractivity contribution is 9.11. The fraction of sp³-hybridized carbons (Fsp3) is 0.148. The first-order valence-corrected chi connectivity index (χ1v) is 12.8. The molecule has 1 N–H and O–H groups in total. The van der Waals surface area contributed by atoms with Gasteiger partial charge in [-0.3, -0.25) is 9.59 Å². The minimum Gasteiger partial charge on any atom is -0.486 e. The number of benzene rings is 2. The maximum Gasteiger partial charge on any atom is 0.308 e. The molecule has 0 bridgehead atoms. The maximum absolute atomic E-state index is 12.4. The number of nitrogens with one attached hydrogen (secondary N) is 1. The fourth-order valence-corrected chi connectivity index (χ4v) is 5.00. The van der Waals surface area contributed by atoms with Crippen LogP contribution in [-0.2, 0) is 11.4 Å². The van der Waals surface area contributed by atoms with E-state index in [9.17, 15) is 9.59 Å². The number of nitrogens with zero attached hydrogens (tertiary/aromatic N) is 2. The quantitative estimate of drug-likeness (QED) is 0.104. The number of halogens is 2. The van der Waals surface area contributed by atoms with Crippen molar-refractivity contribution in [3.8, 4) is 17.2 Å². The van der Waals surface area contributed by atoms with Gasteiger partial charge in [0, 0.05) is 24.0 Å². The first-order valence-electron chi connectivity index (χ1n) is 11.2. The number of aryl methyl sites for hydroxylation is 2. The summed E-state index contributed by atoms with van der Waals surface area (Å²) in [5.74, 6) is 0.728. The molecule has 0 saturated carbocycles. The van der Waals surface area contributed by atoms with Gasteiger partial charge in [-0.1, -0.05) is 0 Å². The van der Waals surface area contributed by atoms with Gasteiger partial charge in [-0.2, -0.15) is 5.10 Å². The van der Waals surface area contributed by atoms with Crippen molar-refractivity contribution >= 4 is 50.0 Å². The number of furan rings is 1. The molecule has 0 spiro atoms. The predicted molar refractivity (Wildman–Crippen MR) is 146 cm³/mol. The van der Waals surface area contributed by atoms with E-state index in [0.717, 1.165) is 17.1 Å². The van der Waals surface area contributed by atoms with E-state index in [1.807, 2.05) is 24.3 Å². The summed E-state index contributed by atoms with van der Waals surface area (Å²) in [6.07, 6.45) is 1.46. The molecule has 4 rings (SSSR count). The molecular weight excluding hydrogens is 606 g/mol. The van der Waals surface area contributed by atoms with Crippen LogP contribution in [0.25, 0.3) is 5.69 Å². The van der Waals surface area contributed by atoms with Gasteiger partial charge in [0.25, 0.3) is 0 Å². The van der Waals surface area contributed by atoms with E-state index in [1.54, 1.807) is 24.3 Å². The molecule has 10 heteroatoms. The second kappa shape index (κ2) is 11.6. The molecule has 190 valence electrons. The number of rotatable bonds is 8. The molecule has 2 heterocycles. The number of carbonyl (C=O) groups is 2. The van der Waals surface area contributed by atoms with E-state index >= 15 is 0 Å². The van der Waals surface area contributed by atoms with Crippen molar-refractivity contribution in [2.45, 2.75) is 27.4 Å². The topological polar surface area (TPSA) is 95.1 Å². The summed E-state index contributed by atoms with van der Waals surface area (Å²) >= 11 is 6.70. The molecule has 0 radical (unpaired) electrons. The summed E-state index contributed by atoms with van der Waals surface area (Å²) in [5.41, 5.74) is 6.47. The highest BCUT2D eigenvalue weighted by Gasteiger charge is 2.13. The van der Waals surface area contributed by atoms with Crippen LogP contribution in [0.4, 0.5) is 0 Å². The molecule has 2 aromatic carbocycles. The van der Waals surface area contributed by atoms with E-state index in [2.05, 4.69) is 72.9 Å². The third-order valence-corrected chi connectivity index (χ3v) is 6.46. The lowest BCUT2D eigenvalue weighted by Crippen LogP contribution is -2.16. The summed E-state index contributed by atoms with van der Waals surface area (Å²) in [5, 5.41) is 3.97.